The fourth-order valence-corrected chi connectivity index (χ4v) is 3.31. The molecule has 20 heavy (non-hydrogen) atoms. The molecule has 0 radical (unpaired) electrons. The van der Waals surface area contributed by atoms with Gasteiger partial charge in [-0.3, -0.25) is 4.79 Å². The van der Waals surface area contributed by atoms with Crippen LogP contribution < -0.4 is 11.1 Å². The highest BCUT2D eigenvalue weighted by molar-refractivity contribution is 7.22. The third-order valence-electron chi connectivity index (χ3n) is 3.48. The predicted octanol–water partition coefficient (Wildman–Crippen LogP) is 2.10. The number of hydrogen-bond acceptors (Lipinski definition) is 5. The summed E-state index contributed by atoms with van der Waals surface area (Å²) in [5.74, 6) is -0.0718. The highest BCUT2D eigenvalue weighted by Gasteiger charge is 2.17. The molecule has 0 spiro atoms. The molecule has 3 rings (SSSR count). The third-order valence-corrected chi connectivity index (χ3v) is 4.31. The van der Waals surface area contributed by atoms with E-state index in [1.165, 1.54) is 11.3 Å². The first-order chi connectivity index (χ1) is 9.63. The van der Waals surface area contributed by atoms with Gasteiger partial charge in [-0.15, -0.1) is 0 Å². The van der Waals surface area contributed by atoms with Gasteiger partial charge in [-0.1, -0.05) is 11.3 Å². The van der Waals surface area contributed by atoms with Crippen LogP contribution in [0.15, 0.2) is 12.1 Å². The number of aryl methyl sites for hydroxylation is 1. The minimum absolute atomic E-state index is 0.0718. The van der Waals surface area contributed by atoms with Gasteiger partial charge in [0.05, 0.1) is 16.3 Å². The molecule has 2 aromatic rings. The lowest BCUT2D eigenvalue weighted by molar-refractivity contribution is 0.0858. The topological polar surface area (TPSA) is 77.2 Å². The van der Waals surface area contributed by atoms with Gasteiger partial charge in [0, 0.05) is 18.7 Å². The lowest BCUT2D eigenvalue weighted by Crippen LogP contribution is -2.31. The van der Waals surface area contributed by atoms with E-state index in [1.54, 1.807) is 0 Å². The zero-order valence-corrected chi connectivity index (χ0v) is 12.1. The number of nitrogens with zero attached hydrogens (tertiary/aromatic N) is 1. The number of ether oxygens (including phenoxy) is 1. The number of aromatic nitrogens is 1. The monoisotopic (exact) mass is 291 g/mol. The van der Waals surface area contributed by atoms with Gasteiger partial charge >= 0.3 is 0 Å². The van der Waals surface area contributed by atoms with Crippen molar-refractivity contribution < 1.29 is 9.53 Å². The Morgan fingerprint density at radius 1 is 1.60 bits per heavy atom. The van der Waals surface area contributed by atoms with Crippen LogP contribution in [0.3, 0.4) is 0 Å². The average molecular weight is 291 g/mol. The molecule has 1 fully saturated rings. The predicted molar refractivity (Wildman–Crippen MR) is 80.1 cm³/mol. The number of anilines is 1. The average Bonchev–Trinajstić information content (AvgIpc) is 3.04. The van der Waals surface area contributed by atoms with Crippen molar-refractivity contribution in [3.8, 4) is 0 Å². The molecule has 1 amide bonds. The summed E-state index contributed by atoms with van der Waals surface area (Å²) in [5.41, 5.74) is 8.22. The fraction of sp³-hybridized carbons (Fsp3) is 0.429. The quantitative estimate of drug-likeness (QED) is 0.908. The van der Waals surface area contributed by atoms with Gasteiger partial charge in [0.15, 0.2) is 5.13 Å². The largest absolute Gasteiger partial charge is 0.376 e. The fourth-order valence-electron chi connectivity index (χ4n) is 2.46. The van der Waals surface area contributed by atoms with E-state index in [9.17, 15) is 4.79 Å². The molecule has 6 heteroatoms. The van der Waals surface area contributed by atoms with E-state index >= 15 is 0 Å². The first-order valence-corrected chi connectivity index (χ1v) is 7.51. The summed E-state index contributed by atoms with van der Waals surface area (Å²) >= 11 is 1.40. The maximum Gasteiger partial charge on any atom is 0.251 e. The lowest BCUT2D eigenvalue weighted by atomic mass is 10.1. The van der Waals surface area contributed by atoms with E-state index in [4.69, 9.17) is 10.5 Å². The van der Waals surface area contributed by atoms with Crippen LogP contribution in [0.25, 0.3) is 10.2 Å². The molecular formula is C14H17N3O2S. The Labute approximate surface area is 121 Å². The van der Waals surface area contributed by atoms with E-state index in [2.05, 4.69) is 10.3 Å². The zero-order chi connectivity index (χ0) is 14.1. The van der Waals surface area contributed by atoms with E-state index in [1.807, 2.05) is 19.1 Å². The van der Waals surface area contributed by atoms with Crippen LogP contribution in [0.5, 0.6) is 0 Å². The Bertz CT molecular complexity index is 647. The minimum atomic E-state index is -0.0718. The van der Waals surface area contributed by atoms with Crippen molar-refractivity contribution in [3.05, 3.63) is 23.3 Å². The van der Waals surface area contributed by atoms with Crippen molar-refractivity contribution in [1.29, 1.82) is 0 Å². The Kier molecular flexibility index (Phi) is 3.58. The van der Waals surface area contributed by atoms with Gasteiger partial charge in [-0.25, -0.2) is 4.98 Å². The molecule has 1 saturated heterocycles. The van der Waals surface area contributed by atoms with Crippen LogP contribution in [-0.2, 0) is 4.74 Å². The maximum atomic E-state index is 12.2. The van der Waals surface area contributed by atoms with Crippen LogP contribution in [-0.4, -0.2) is 30.1 Å². The van der Waals surface area contributed by atoms with Gasteiger partial charge in [0.1, 0.15) is 0 Å². The number of benzene rings is 1. The lowest BCUT2D eigenvalue weighted by Gasteiger charge is -2.11. The van der Waals surface area contributed by atoms with Gasteiger partial charge < -0.3 is 15.8 Å². The molecule has 0 saturated carbocycles. The Morgan fingerprint density at radius 3 is 3.20 bits per heavy atom. The van der Waals surface area contributed by atoms with Crippen LogP contribution >= 0.6 is 11.3 Å². The molecule has 106 valence electrons. The number of nitrogens with two attached hydrogens (primary N) is 1. The summed E-state index contributed by atoms with van der Waals surface area (Å²) in [6, 6.07) is 3.70. The molecule has 1 unspecified atom stereocenters. The number of amides is 1. The van der Waals surface area contributed by atoms with Crippen LogP contribution in [0.1, 0.15) is 28.8 Å². The minimum Gasteiger partial charge on any atom is -0.376 e. The molecule has 1 atom stereocenters. The van der Waals surface area contributed by atoms with E-state index in [0.29, 0.717) is 17.2 Å². The highest BCUT2D eigenvalue weighted by atomic mass is 32.1. The molecule has 0 bridgehead atoms. The molecule has 1 aliphatic heterocycles. The van der Waals surface area contributed by atoms with Crippen molar-refractivity contribution in [1.82, 2.24) is 10.3 Å². The Hall–Kier alpha value is -1.66. The molecule has 1 aromatic carbocycles. The number of carbonyl (C=O) groups is 1. The second-order valence-corrected chi connectivity index (χ2v) is 6.10. The number of carbonyl (C=O) groups excluding carboxylic acids is 1. The molecule has 5 nitrogen and oxygen atoms in total. The highest BCUT2D eigenvalue weighted by Crippen LogP contribution is 2.27. The molecule has 1 aromatic heterocycles. The summed E-state index contributed by atoms with van der Waals surface area (Å²) in [5, 5.41) is 3.46. The van der Waals surface area contributed by atoms with Gasteiger partial charge in [0.2, 0.25) is 0 Å². The third kappa shape index (κ3) is 2.62. The first-order valence-electron chi connectivity index (χ1n) is 6.70. The number of fused-ring (bicyclic) bond motifs is 1. The summed E-state index contributed by atoms with van der Waals surface area (Å²) in [4.78, 5) is 16.5. The van der Waals surface area contributed by atoms with Crippen LogP contribution in [0, 0.1) is 6.92 Å². The number of rotatable bonds is 3. The van der Waals surface area contributed by atoms with Crippen molar-refractivity contribution in [2.24, 2.45) is 0 Å². The molecule has 2 heterocycles. The van der Waals surface area contributed by atoms with Gasteiger partial charge in [0.25, 0.3) is 5.91 Å². The Morgan fingerprint density at radius 2 is 2.45 bits per heavy atom. The summed E-state index contributed by atoms with van der Waals surface area (Å²) in [6.07, 6.45) is 2.25. The molecule has 0 aliphatic carbocycles. The number of thiazole rings is 1. The smallest absolute Gasteiger partial charge is 0.251 e. The number of nitrogens with one attached hydrogen (secondary N) is 1. The van der Waals surface area contributed by atoms with Crippen molar-refractivity contribution in [2.45, 2.75) is 25.9 Å². The van der Waals surface area contributed by atoms with Gasteiger partial charge in [-0.05, 0) is 37.5 Å². The van der Waals surface area contributed by atoms with Crippen molar-refractivity contribution in [2.75, 3.05) is 18.9 Å². The second-order valence-electron chi connectivity index (χ2n) is 5.04. The summed E-state index contributed by atoms with van der Waals surface area (Å²) in [7, 11) is 0. The number of nitrogen functional groups attached to an aromatic ring is 1. The Balaban J connectivity index is 1.76. The van der Waals surface area contributed by atoms with E-state index < -0.39 is 0 Å². The molecule has 1 aliphatic rings. The second kappa shape index (κ2) is 5.38. The standard InChI is InChI=1S/C14H17N3O2S/c1-8-5-9(6-11-12(8)17-14(15)20-11)13(18)16-7-10-3-2-4-19-10/h5-6,10H,2-4,7H2,1H3,(H2,15,17)(H,16,18). The summed E-state index contributed by atoms with van der Waals surface area (Å²) < 4.78 is 6.45. The maximum absolute atomic E-state index is 12.2. The van der Waals surface area contributed by atoms with Crippen molar-refractivity contribution >= 4 is 32.6 Å². The van der Waals surface area contributed by atoms with Gasteiger partial charge in [-0.2, -0.15) is 0 Å². The van der Waals surface area contributed by atoms with Crippen molar-refractivity contribution in [3.63, 3.8) is 0 Å². The normalized spacial score (nSPS) is 18.6. The zero-order valence-electron chi connectivity index (χ0n) is 11.3. The van der Waals surface area contributed by atoms with Crippen LogP contribution in [0.4, 0.5) is 5.13 Å². The summed E-state index contributed by atoms with van der Waals surface area (Å²) in [6.45, 7) is 3.31. The first kappa shape index (κ1) is 13.3. The van der Waals surface area contributed by atoms with E-state index in [0.717, 1.165) is 35.2 Å². The number of hydrogen-bond donors (Lipinski definition) is 2. The molecular weight excluding hydrogens is 274 g/mol. The SMILES string of the molecule is Cc1cc(C(=O)NCC2CCCO2)cc2sc(N)nc12. The van der Waals surface area contributed by atoms with E-state index in [-0.39, 0.29) is 12.0 Å². The molecule has 3 N–H and O–H groups in total. The van der Waals surface area contributed by atoms with Crippen LogP contribution in [0.2, 0.25) is 0 Å².